The Balaban J connectivity index is 2.15. The zero-order valence-corrected chi connectivity index (χ0v) is 12.5. The van der Waals surface area contributed by atoms with Gasteiger partial charge in [0.2, 0.25) is 0 Å². The molecule has 0 saturated heterocycles. The summed E-state index contributed by atoms with van der Waals surface area (Å²) in [6, 6.07) is 2.41. The van der Waals surface area contributed by atoms with Crippen LogP contribution in [0.4, 0.5) is 0 Å². The van der Waals surface area contributed by atoms with E-state index in [1.807, 2.05) is 0 Å². The maximum Gasteiger partial charge on any atom is -0.0150 e. The summed E-state index contributed by atoms with van der Waals surface area (Å²) in [7, 11) is 0. The van der Waals surface area contributed by atoms with Gasteiger partial charge in [-0.05, 0) is 86.6 Å². The van der Waals surface area contributed by atoms with Crippen LogP contribution in [0.1, 0.15) is 60.9 Å². The minimum atomic E-state index is 0.852. The van der Waals surface area contributed by atoms with Crippen LogP contribution in [0, 0.1) is 12.8 Å². The summed E-state index contributed by atoms with van der Waals surface area (Å²) in [5.74, 6) is 0.852. The number of allylic oxidation sites excluding steroid dienone is 2. The monoisotopic (exact) mass is 252 g/mol. The van der Waals surface area contributed by atoms with Crippen molar-refractivity contribution in [3.8, 4) is 0 Å². The molecule has 0 amide bonds. The van der Waals surface area contributed by atoms with Gasteiger partial charge in [0.25, 0.3) is 0 Å². The Morgan fingerprint density at radius 3 is 2.63 bits per heavy atom. The molecule has 1 aromatic rings. The molecule has 0 aromatic heterocycles. The van der Waals surface area contributed by atoms with Gasteiger partial charge in [0.1, 0.15) is 0 Å². The van der Waals surface area contributed by atoms with Gasteiger partial charge < -0.3 is 0 Å². The van der Waals surface area contributed by atoms with Crippen molar-refractivity contribution in [3.05, 3.63) is 46.0 Å². The molecule has 0 N–H and O–H groups in total. The average molecular weight is 252 g/mol. The molecular weight excluding hydrogens is 228 g/mol. The van der Waals surface area contributed by atoms with E-state index in [1.165, 1.54) is 54.4 Å². The molecule has 2 aliphatic carbocycles. The maximum atomic E-state index is 4.19. The van der Waals surface area contributed by atoms with Crippen LogP contribution in [0.5, 0.6) is 0 Å². The molecule has 0 spiro atoms. The third kappa shape index (κ3) is 2.29. The SMILES string of the molecule is C=C(C)c1cc2c(c(C)c1/C=C(\C)C1CC1)CCC2. The van der Waals surface area contributed by atoms with E-state index in [0.29, 0.717) is 0 Å². The minimum absolute atomic E-state index is 0.852. The molecule has 1 aromatic carbocycles. The first kappa shape index (κ1) is 12.7. The Morgan fingerprint density at radius 1 is 1.26 bits per heavy atom. The lowest BCUT2D eigenvalue weighted by atomic mass is 9.89. The highest BCUT2D eigenvalue weighted by molar-refractivity contribution is 5.76. The summed E-state index contributed by atoms with van der Waals surface area (Å²) < 4.78 is 0. The molecule has 0 heterocycles. The lowest BCUT2D eigenvalue weighted by Crippen LogP contribution is -1.98. The highest BCUT2D eigenvalue weighted by Crippen LogP contribution is 2.39. The highest BCUT2D eigenvalue weighted by Gasteiger charge is 2.24. The molecular formula is C19H24. The van der Waals surface area contributed by atoms with Gasteiger partial charge in [0, 0.05) is 0 Å². The van der Waals surface area contributed by atoms with Gasteiger partial charge in [-0.3, -0.25) is 0 Å². The van der Waals surface area contributed by atoms with Crippen LogP contribution in [-0.2, 0) is 12.8 Å². The molecule has 0 atom stereocenters. The molecule has 0 unspecified atom stereocenters. The van der Waals surface area contributed by atoms with Crippen molar-refractivity contribution < 1.29 is 0 Å². The second-order valence-corrected chi connectivity index (χ2v) is 6.40. The number of hydrogen-bond donors (Lipinski definition) is 0. The lowest BCUT2D eigenvalue weighted by Gasteiger charge is -2.15. The first-order chi connectivity index (χ1) is 9.08. The van der Waals surface area contributed by atoms with Gasteiger partial charge in [0.05, 0.1) is 0 Å². The average Bonchev–Trinajstić information content (AvgIpc) is 3.11. The molecule has 0 aliphatic heterocycles. The molecule has 1 saturated carbocycles. The third-order valence-electron chi connectivity index (χ3n) is 4.78. The van der Waals surface area contributed by atoms with Crippen molar-refractivity contribution in [2.45, 2.75) is 52.9 Å². The van der Waals surface area contributed by atoms with Crippen LogP contribution < -0.4 is 0 Å². The predicted molar refractivity (Wildman–Crippen MR) is 84.3 cm³/mol. The van der Waals surface area contributed by atoms with E-state index in [1.54, 1.807) is 16.7 Å². The van der Waals surface area contributed by atoms with Crippen molar-refractivity contribution >= 4 is 11.6 Å². The first-order valence-corrected chi connectivity index (χ1v) is 7.57. The van der Waals surface area contributed by atoms with Crippen LogP contribution >= 0.6 is 0 Å². The van der Waals surface area contributed by atoms with Gasteiger partial charge >= 0.3 is 0 Å². The van der Waals surface area contributed by atoms with E-state index in [0.717, 1.165) is 5.92 Å². The molecule has 100 valence electrons. The Morgan fingerprint density at radius 2 is 2.00 bits per heavy atom. The normalized spacial score (nSPS) is 18.6. The topological polar surface area (TPSA) is 0 Å². The minimum Gasteiger partial charge on any atom is -0.0955 e. The van der Waals surface area contributed by atoms with E-state index in [2.05, 4.69) is 39.5 Å². The van der Waals surface area contributed by atoms with E-state index < -0.39 is 0 Å². The van der Waals surface area contributed by atoms with Crippen LogP contribution in [0.15, 0.2) is 18.2 Å². The van der Waals surface area contributed by atoms with Crippen molar-refractivity contribution in [2.75, 3.05) is 0 Å². The third-order valence-corrected chi connectivity index (χ3v) is 4.78. The summed E-state index contributed by atoms with van der Waals surface area (Å²) in [6.07, 6.45) is 9.04. The van der Waals surface area contributed by atoms with Crippen LogP contribution in [0.25, 0.3) is 11.6 Å². The molecule has 2 aliphatic rings. The lowest BCUT2D eigenvalue weighted by molar-refractivity contribution is 0.909. The van der Waals surface area contributed by atoms with Gasteiger partial charge in [-0.25, -0.2) is 0 Å². The number of fused-ring (bicyclic) bond motifs is 1. The number of benzene rings is 1. The largest absolute Gasteiger partial charge is 0.0955 e. The van der Waals surface area contributed by atoms with Crippen molar-refractivity contribution in [2.24, 2.45) is 5.92 Å². The number of hydrogen-bond acceptors (Lipinski definition) is 0. The van der Waals surface area contributed by atoms with Gasteiger partial charge in [-0.15, -0.1) is 0 Å². The van der Waals surface area contributed by atoms with E-state index in [9.17, 15) is 0 Å². The van der Waals surface area contributed by atoms with E-state index in [4.69, 9.17) is 0 Å². The Labute approximate surface area is 117 Å². The van der Waals surface area contributed by atoms with E-state index >= 15 is 0 Å². The maximum absolute atomic E-state index is 4.19. The summed E-state index contributed by atoms with van der Waals surface area (Å²) in [5, 5.41) is 0. The fraction of sp³-hybridized carbons (Fsp3) is 0.474. The fourth-order valence-electron chi connectivity index (χ4n) is 3.39. The summed E-state index contributed by atoms with van der Waals surface area (Å²) in [6.45, 7) is 10.9. The molecule has 19 heavy (non-hydrogen) atoms. The number of aryl methyl sites for hydroxylation is 1. The molecule has 0 radical (unpaired) electrons. The van der Waals surface area contributed by atoms with Crippen LogP contribution in [0.3, 0.4) is 0 Å². The summed E-state index contributed by atoms with van der Waals surface area (Å²) in [4.78, 5) is 0. The molecule has 0 nitrogen and oxygen atoms in total. The molecule has 1 fully saturated rings. The van der Waals surface area contributed by atoms with Gasteiger partial charge in [-0.2, -0.15) is 0 Å². The van der Waals surface area contributed by atoms with Crippen LogP contribution in [0.2, 0.25) is 0 Å². The highest BCUT2D eigenvalue weighted by atomic mass is 14.3. The van der Waals surface area contributed by atoms with Gasteiger partial charge in [0.15, 0.2) is 0 Å². The first-order valence-electron chi connectivity index (χ1n) is 7.57. The van der Waals surface area contributed by atoms with Crippen molar-refractivity contribution in [1.82, 2.24) is 0 Å². The second-order valence-electron chi connectivity index (χ2n) is 6.40. The number of rotatable bonds is 3. The van der Waals surface area contributed by atoms with Crippen LogP contribution in [-0.4, -0.2) is 0 Å². The zero-order valence-electron chi connectivity index (χ0n) is 12.5. The van der Waals surface area contributed by atoms with E-state index in [-0.39, 0.29) is 0 Å². The molecule has 0 heteroatoms. The molecule has 0 bridgehead atoms. The smallest absolute Gasteiger partial charge is 0.0150 e. The fourth-order valence-corrected chi connectivity index (χ4v) is 3.39. The Hall–Kier alpha value is -1.30. The standard InChI is InChI=1S/C19H24/c1-12(2)18-11-16-6-5-7-17(16)14(4)19(18)10-13(3)15-8-9-15/h10-11,15H,1,5-9H2,2-4H3/b13-10+. The van der Waals surface area contributed by atoms with Crippen molar-refractivity contribution in [3.63, 3.8) is 0 Å². The second kappa shape index (κ2) is 4.67. The Bertz CT molecular complexity index is 568. The van der Waals surface area contributed by atoms with Gasteiger partial charge in [-0.1, -0.05) is 29.9 Å². The predicted octanol–water partition coefficient (Wildman–Crippen LogP) is 5.33. The quantitative estimate of drug-likeness (QED) is 0.682. The van der Waals surface area contributed by atoms with Crippen molar-refractivity contribution in [1.29, 1.82) is 0 Å². The zero-order chi connectivity index (χ0) is 13.6. The summed E-state index contributed by atoms with van der Waals surface area (Å²) >= 11 is 0. The Kier molecular flexibility index (Phi) is 3.12. The summed E-state index contributed by atoms with van der Waals surface area (Å²) in [5.41, 5.74) is 10.3. The molecule has 3 rings (SSSR count).